The maximum Gasteiger partial charge on any atom is 0.266 e. The van der Waals surface area contributed by atoms with Gasteiger partial charge in [-0.15, -0.1) is 0 Å². The summed E-state index contributed by atoms with van der Waals surface area (Å²) in [5.41, 5.74) is 1.08. The fourth-order valence-electron chi connectivity index (χ4n) is 2.58. The van der Waals surface area contributed by atoms with Gasteiger partial charge in [0.25, 0.3) is 5.91 Å². The number of carbonyl (C=O) groups excluding carboxylic acids is 1. The van der Waals surface area contributed by atoms with E-state index in [1.165, 1.54) is 6.08 Å². The SMILES string of the molecule is CCOc1cccc(NC(=O)/C(C#N)=C\c2ccc(-c3ccc(Cl)cc3Cl)o2)c1. The van der Waals surface area contributed by atoms with Crippen molar-refractivity contribution < 1.29 is 13.9 Å². The molecule has 0 saturated heterocycles. The maximum atomic E-state index is 12.5. The molecule has 0 saturated carbocycles. The van der Waals surface area contributed by atoms with Crippen LogP contribution in [0.5, 0.6) is 5.75 Å². The lowest BCUT2D eigenvalue weighted by atomic mass is 10.2. The van der Waals surface area contributed by atoms with Crippen molar-refractivity contribution in [3.8, 4) is 23.1 Å². The van der Waals surface area contributed by atoms with Crippen LogP contribution in [0.25, 0.3) is 17.4 Å². The minimum atomic E-state index is -0.552. The molecule has 0 bridgehead atoms. The molecule has 0 aliphatic heterocycles. The summed E-state index contributed by atoms with van der Waals surface area (Å²) >= 11 is 12.1. The van der Waals surface area contributed by atoms with Crippen LogP contribution in [0, 0.1) is 11.3 Å². The predicted octanol–water partition coefficient (Wildman–Crippen LogP) is 6.20. The van der Waals surface area contributed by atoms with Gasteiger partial charge in [-0.1, -0.05) is 29.3 Å². The van der Waals surface area contributed by atoms with Crippen LogP contribution in [0.3, 0.4) is 0 Å². The molecule has 0 atom stereocenters. The molecular weight excluding hydrogens is 411 g/mol. The van der Waals surface area contributed by atoms with Crippen molar-refractivity contribution in [2.75, 3.05) is 11.9 Å². The smallest absolute Gasteiger partial charge is 0.266 e. The first kappa shape index (κ1) is 20.5. The summed E-state index contributed by atoms with van der Waals surface area (Å²) in [6, 6.07) is 17.2. The van der Waals surface area contributed by atoms with E-state index in [1.54, 1.807) is 54.6 Å². The van der Waals surface area contributed by atoms with Crippen LogP contribution >= 0.6 is 23.2 Å². The minimum Gasteiger partial charge on any atom is -0.494 e. The largest absolute Gasteiger partial charge is 0.494 e. The number of carbonyl (C=O) groups is 1. The molecule has 3 aromatic rings. The molecule has 1 amide bonds. The average molecular weight is 427 g/mol. The summed E-state index contributed by atoms with van der Waals surface area (Å²) in [7, 11) is 0. The van der Waals surface area contributed by atoms with Crippen LogP contribution < -0.4 is 10.1 Å². The second-order valence-electron chi connectivity index (χ2n) is 5.91. The molecule has 2 aromatic carbocycles. The van der Waals surface area contributed by atoms with Crippen LogP contribution in [0.2, 0.25) is 10.0 Å². The monoisotopic (exact) mass is 426 g/mol. The van der Waals surface area contributed by atoms with Gasteiger partial charge >= 0.3 is 0 Å². The molecule has 1 N–H and O–H groups in total. The molecule has 0 fully saturated rings. The van der Waals surface area contributed by atoms with Crippen molar-refractivity contribution in [2.45, 2.75) is 6.92 Å². The number of halogens is 2. The van der Waals surface area contributed by atoms with Gasteiger partial charge in [0.1, 0.15) is 28.9 Å². The molecule has 7 heteroatoms. The van der Waals surface area contributed by atoms with Gasteiger partial charge in [0.05, 0.1) is 11.6 Å². The Kier molecular flexibility index (Phi) is 6.61. The van der Waals surface area contributed by atoms with Gasteiger partial charge in [-0.25, -0.2) is 0 Å². The van der Waals surface area contributed by atoms with Crippen LogP contribution in [0.15, 0.2) is 64.6 Å². The van der Waals surface area contributed by atoms with Gasteiger partial charge in [0.2, 0.25) is 0 Å². The van der Waals surface area contributed by atoms with Crippen LogP contribution in [0.4, 0.5) is 5.69 Å². The molecule has 0 spiro atoms. The first-order valence-electron chi connectivity index (χ1n) is 8.71. The standard InChI is InChI=1S/C22H16Cl2N2O3/c1-2-28-17-5-3-4-16(12-17)26-22(27)14(13-25)10-18-7-9-21(29-18)19-8-6-15(23)11-20(19)24/h3-12H,2H2,1H3,(H,26,27)/b14-10-. The number of amides is 1. The number of furan rings is 1. The number of hydrogen-bond donors (Lipinski definition) is 1. The summed E-state index contributed by atoms with van der Waals surface area (Å²) in [6.07, 6.45) is 1.37. The van der Waals surface area contributed by atoms with E-state index in [4.69, 9.17) is 32.4 Å². The van der Waals surface area contributed by atoms with Crippen molar-refractivity contribution in [1.82, 2.24) is 0 Å². The number of anilines is 1. The van der Waals surface area contributed by atoms with Crippen LogP contribution in [-0.2, 0) is 4.79 Å². The molecule has 1 aromatic heterocycles. The number of nitriles is 1. The van der Waals surface area contributed by atoms with Gasteiger partial charge in [0, 0.05) is 28.4 Å². The summed E-state index contributed by atoms with van der Waals surface area (Å²) in [5.74, 6) is 0.924. The number of hydrogen-bond acceptors (Lipinski definition) is 4. The fourth-order valence-corrected chi connectivity index (χ4v) is 3.09. The zero-order chi connectivity index (χ0) is 20.8. The van der Waals surface area contributed by atoms with Crippen molar-refractivity contribution >= 4 is 40.9 Å². The molecule has 146 valence electrons. The van der Waals surface area contributed by atoms with E-state index in [2.05, 4.69) is 5.32 Å². The van der Waals surface area contributed by atoms with Gasteiger partial charge in [-0.2, -0.15) is 5.26 Å². The summed E-state index contributed by atoms with van der Waals surface area (Å²) < 4.78 is 11.1. The zero-order valence-electron chi connectivity index (χ0n) is 15.4. The number of ether oxygens (including phenoxy) is 1. The van der Waals surface area contributed by atoms with E-state index in [1.807, 2.05) is 13.0 Å². The Balaban J connectivity index is 1.79. The van der Waals surface area contributed by atoms with Gasteiger partial charge in [-0.05, 0) is 49.4 Å². The molecule has 0 unspecified atom stereocenters. The zero-order valence-corrected chi connectivity index (χ0v) is 16.9. The fraction of sp³-hybridized carbons (Fsp3) is 0.0909. The van der Waals surface area contributed by atoms with Gasteiger partial charge in [0.15, 0.2) is 0 Å². The van der Waals surface area contributed by atoms with Crippen molar-refractivity contribution in [2.24, 2.45) is 0 Å². The lowest BCUT2D eigenvalue weighted by Gasteiger charge is -2.07. The average Bonchev–Trinajstić information content (AvgIpc) is 3.15. The Morgan fingerprint density at radius 3 is 2.76 bits per heavy atom. The molecule has 0 aliphatic carbocycles. The number of rotatable bonds is 6. The van der Waals surface area contributed by atoms with Crippen LogP contribution in [-0.4, -0.2) is 12.5 Å². The van der Waals surface area contributed by atoms with E-state index >= 15 is 0 Å². The molecule has 5 nitrogen and oxygen atoms in total. The Labute approximate surface area is 178 Å². The third kappa shape index (κ3) is 5.20. The summed E-state index contributed by atoms with van der Waals surface area (Å²) in [6.45, 7) is 2.38. The van der Waals surface area contributed by atoms with Crippen molar-refractivity contribution in [3.05, 3.63) is 76.0 Å². The van der Waals surface area contributed by atoms with E-state index in [9.17, 15) is 10.1 Å². The summed E-state index contributed by atoms with van der Waals surface area (Å²) in [4.78, 5) is 12.5. The topological polar surface area (TPSA) is 75.3 Å². The number of nitrogens with one attached hydrogen (secondary N) is 1. The number of nitrogens with zero attached hydrogens (tertiary/aromatic N) is 1. The molecule has 0 radical (unpaired) electrons. The Hall–Kier alpha value is -3.20. The van der Waals surface area contributed by atoms with E-state index in [-0.39, 0.29) is 5.57 Å². The van der Waals surface area contributed by atoms with Crippen molar-refractivity contribution in [1.29, 1.82) is 5.26 Å². The lowest BCUT2D eigenvalue weighted by molar-refractivity contribution is -0.112. The molecular formula is C22H16Cl2N2O3. The van der Waals surface area contributed by atoms with E-state index < -0.39 is 5.91 Å². The third-order valence-corrected chi connectivity index (χ3v) is 4.43. The highest BCUT2D eigenvalue weighted by Gasteiger charge is 2.13. The first-order chi connectivity index (χ1) is 14.0. The van der Waals surface area contributed by atoms with Crippen molar-refractivity contribution in [3.63, 3.8) is 0 Å². The highest BCUT2D eigenvalue weighted by atomic mass is 35.5. The first-order valence-corrected chi connectivity index (χ1v) is 9.47. The quantitative estimate of drug-likeness (QED) is 0.376. The Morgan fingerprint density at radius 2 is 2.03 bits per heavy atom. The number of benzene rings is 2. The Morgan fingerprint density at radius 1 is 1.21 bits per heavy atom. The molecule has 3 rings (SSSR count). The second kappa shape index (κ2) is 9.33. The predicted molar refractivity (Wildman–Crippen MR) is 114 cm³/mol. The van der Waals surface area contributed by atoms with Crippen LogP contribution in [0.1, 0.15) is 12.7 Å². The normalized spacial score (nSPS) is 11.0. The molecule has 0 aliphatic rings. The van der Waals surface area contributed by atoms with E-state index in [0.717, 1.165) is 0 Å². The van der Waals surface area contributed by atoms with E-state index in [0.29, 0.717) is 45.2 Å². The lowest BCUT2D eigenvalue weighted by Crippen LogP contribution is -2.13. The molecule has 29 heavy (non-hydrogen) atoms. The third-order valence-electron chi connectivity index (χ3n) is 3.88. The highest BCUT2D eigenvalue weighted by molar-refractivity contribution is 6.36. The highest BCUT2D eigenvalue weighted by Crippen LogP contribution is 2.32. The molecule has 1 heterocycles. The van der Waals surface area contributed by atoms with Gasteiger partial charge < -0.3 is 14.5 Å². The Bertz CT molecular complexity index is 1110. The maximum absolute atomic E-state index is 12.5. The van der Waals surface area contributed by atoms with Gasteiger partial charge in [-0.3, -0.25) is 4.79 Å². The minimum absolute atomic E-state index is 0.102. The second-order valence-corrected chi connectivity index (χ2v) is 6.75. The summed E-state index contributed by atoms with van der Waals surface area (Å²) in [5, 5.41) is 13.0.